The zero-order valence-electron chi connectivity index (χ0n) is 27.1. The summed E-state index contributed by atoms with van der Waals surface area (Å²) in [5, 5.41) is 11.1. The van der Waals surface area contributed by atoms with Crippen LogP contribution in [-0.2, 0) is 15.1 Å². The van der Waals surface area contributed by atoms with Crippen molar-refractivity contribution in [3.8, 4) is 22.6 Å². The summed E-state index contributed by atoms with van der Waals surface area (Å²) in [7, 11) is 3.28. The lowest BCUT2D eigenvalue weighted by molar-refractivity contribution is -0.0987. The summed E-state index contributed by atoms with van der Waals surface area (Å²) < 4.78 is 24.2. The van der Waals surface area contributed by atoms with Crippen molar-refractivity contribution in [1.29, 1.82) is 0 Å². The van der Waals surface area contributed by atoms with Gasteiger partial charge in [-0.1, -0.05) is 103 Å². The molecule has 7 rings (SSSR count). The van der Waals surface area contributed by atoms with Crippen molar-refractivity contribution in [3.63, 3.8) is 0 Å². The number of carbonyl (C=O) groups excluding carboxylic acids is 1. The zero-order valence-corrected chi connectivity index (χ0v) is 27.1. The third kappa shape index (κ3) is 5.91. The Bertz CT molecular complexity index is 1760. The smallest absolute Gasteiger partial charge is 0.409 e. The van der Waals surface area contributed by atoms with Crippen molar-refractivity contribution in [3.05, 3.63) is 155 Å². The van der Waals surface area contributed by atoms with Crippen LogP contribution in [0.25, 0.3) is 11.1 Å². The second-order valence-electron chi connectivity index (χ2n) is 12.3. The number of rotatable bonds is 9. The van der Waals surface area contributed by atoms with Crippen LogP contribution >= 0.6 is 0 Å². The first-order chi connectivity index (χ1) is 23.5. The first-order valence-corrected chi connectivity index (χ1v) is 16.3. The Hall–Kier alpha value is -5.11. The van der Waals surface area contributed by atoms with Crippen LogP contribution in [0.2, 0.25) is 0 Å². The summed E-state index contributed by atoms with van der Waals surface area (Å²) >= 11 is 0. The molecule has 1 fully saturated rings. The van der Waals surface area contributed by atoms with E-state index in [-0.39, 0.29) is 25.6 Å². The maximum absolute atomic E-state index is 13.7. The van der Waals surface area contributed by atoms with Gasteiger partial charge < -0.3 is 29.0 Å². The van der Waals surface area contributed by atoms with E-state index >= 15 is 0 Å². The number of nitrogens with zero attached hydrogens (tertiary/aromatic N) is 1. The number of aliphatic hydroxyl groups excluding tert-OH is 1. The van der Waals surface area contributed by atoms with Crippen molar-refractivity contribution in [1.82, 2.24) is 4.90 Å². The van der Waals surface area contributed by atoms with Crippen LogP contribution in [0.4, 0.5) is 4.79 Å². The second-order valence-corrected chi connectivity index (χ2v) is 12.3. The van der Waals surface area contributed by atoms with Crippen LogP contribution in [0.1, 0.15) is 40.2 Å². The van der Waals surface area contributed by atoms with Gasteiger partial charge in [-0.3, -0.25) is 0 Å². The molecule has 7 heteroatoms. The summed E-state index contributed by atoms with van der Waals surface area (Å²) in [6, 6.07) is 42.2. The van der Waals surface area contributed by atoms with Crippen molar-refractivity contribution in [2.45, 2.75) is 30.1 Å². The molecular formula is C41H39NO6. The van der Waals surface area contributed by atoms with Crippen LogP contribution in [0.3, 0.4) is 0 Å². The van der Waals surface area contributed by atoms with Gasteiger partial charge in [0.2, 0.25) is 0 Å². The normalized spacial score (nSPS) is 17.4. The molecule has 0 unspecified atom stereocenters. The summed E-state index contributed by atoms with van der Waals surface area (Å²) in [6.45, 7) is 0.630. The van der Waals surface area contributed by atoms with Gasteiger partial charge in [0.05, 0.1) is 39.5 Å². The Morgan fingerprint density at radius 1 is 0.688 bits per heavy atom. The number of fused-ring (bicyclic) bond motifs is 3. The van der Waals surface area contributed by atoms with Crippen LogP contribution in [0.15, 0.2) is 127 Å². The van der Waals surface area contributed by atoms with Gasteiger partial charge >= 0.3 is 6.09 Å². The van der Waals surface area contributed by atoms with Gasteiger partial charge in [0.1, 0.15) is 23.7 Å². The highest BCUT2D eigenvalue weighted by atomic mass is 16.6. The van der Waals surface area contributed by atoms with Crippen LogP contribution in [0, 0.1) is 0 Å². The molecule has 0 aromatic heterocycles. The Morgan fingerprint density at radius 2 is 1.19 bits per heavy atom. The van der Waals surface area contributed by atoms with E-state index in [0.29, 0.717) is 6.42 Å². The molecule has 1 aliphatic carbocycles. The Labute approximate surface area is 281 Å². The highest BCUT2D eigenvalue weighted by Crippen LogP contribution is 2.45. The maximum Gasteiger partial charge on any atom is 0.409 e. The van der Waals surface area contributed by atoms with Gasteiger partial charge in [-0.25, -0.2) is 4.79 Å². The highest BCUT2D eigenvalue weighted by molar-refractivity contribution is 5.79. The molecule has 0 spiro atoms. The van der Waals surface area contributed by atoms with E-state index in [0.717, 1.165) is 39.3 Å². The summed E-state index contributed by atoms with van der Waals surface area (Å²) in [5.74, 6) is 1.40. The number of carbonyl (C=O) groups is 1. The van der Waals surface area contributed by atoms with E-state index in [9.17, 15) is 9.90 Å². The van der Waals surface area contributed by atoms with Gasteiger partial charge in [-0.2, -0.15) is 0 Å². The van der Waals surface area contributed by atoms with E-state index < -0.39 is 23.9 Å². The molecule has 1 heterocycles. The quantitative estimate of drug-likeness (QED) is 0.169. The van der Waals surface area contributed by atoms with Crippen molar-refractivity contribution in [2.24, 2.45) is 0 Å². The van der Waals surface area contributed by atoms with Crippen LogP contribution in [0.5, 0.6) is 11.5 Å². The molecule has 0 saturated carbocycles. The molecule has 1 saturated heterocycles. The molecule has 0 radical (unpaired) electrons. The number of ether oxygens (including phenoxy) is 4. The summed E-state index contributed by atoms with van der Waals surface area (Å²) in [6.07, 6.45) is -1.42. The summed E-state index contributed by atoms with van der Waals surface area (Å²) in [4.78, 5) is 15.3. The van der Waals surface area contributed by atoms with E-state index in [2.05, 4.69) is 24.3 Å². The number of benzene rings is 5. The first kappa shape index (κ1) is 31.5. The fourth-order valence-corrected chi connectivity index (χ4v) is 7.23. The van der Waals surface area contributed by atoms with Gasteiger partial charge in [0, 0.05) is 12.3 Å². The molecular weight excluding hydrogens is 602 g/mol. The average molecular weight is 642 g/mol. The largest absolute Gasteiger partial charge is 0.497 e. The molecule has 1 N–H and O–H groups in total. The number of β-amino-alcohol motifs (C(OH)–C–C–N with tert-alkyl or cyclic N) is 1. The fourth-order valence-electron chi connectivity index (χ4n) is 7.23. The maximum atomic E-state index is 13.7. The van der Waals surface area contributed by atoms with E-state index in [1.54, 1.807) is 19.1 Å². The van der Waals surface area contributed by atoms with Gasteiger partial charge in [-0.15, -0.1) is 0 Å². The minimum absolute atomic E-state index is 0.0565. The fraction of sp³-hybridized carbons (Fsp3) is 0.244. The molecule has 7 nitrogen and oxygen atoms in total. The standard InChI is InChI=1S/C41H39NO6/c1-45-32-20-16-29(17-21-32)41(28-10-4-3-5-11-28,30-18-22-33(46-2)23-19-30)48-34-24-31(43)25-42(26-34)40(44)47-27-39-37-14-8-6-12-35(37)36-13-7-9-15-38(36)39/h3-23,31,34,39,43H,24-27H2,1-2H3/t31-,34-/m1/s1. The number of hydrogen-bond donors (Lipinski definition) is 1. The lowest BCUT2D eigenvalue weighted by Gasteiger charge is -2.43. The number of aliphatic hydroxyl groups is 1. The average Bonchev–Trinajstić information content (AvgIpc) is 3.46. The van der Waals surface area contributed by atoms with Crippen molar-refractivity contribution in [2.75, 3.05) is 33.9 Å². The molecule has 0 bridgehead atoms. The third-order valence-corrected chi connectivity index (χ3v) is 9.50. The van der Waals surface area contributed by atoms with Crippen LogP contribution < -0.4 is 9.47 Å². The van der Waals surface area contributed by atoms with Crippen molar-refractivity contribution < 1.29 is 28.8 Å². The van der Waals surface area contributed by atoms with Gasteiger partial charge in [0.15, 0.2) is 0 Å². The third-order valence-electron chi connectivity index (χ3n) is 9.50. The number of methoxy groups -OCH3 is 2. The summed E-state index contributed by atoms with van der Waals surface area (Å²) in [5.41, 5.74) is 6.24. The predicted octanol–water partition coefficient (Wildman–Crippen LogP) is 7.40. The molecule has 2 atom stereocenters. The molecule has 2 aliphatic rings. The minimum atomic E-state index is -1.08. The van der Waals surface area contributed by atoms with Crippen molar-refractivity contribution >= 4 is 6.09 Å². The highest BCUT2D eigenvalue weighted by Gasteiger charge is 2.43. The molecule has 48 heavy (non-hydrogen) atoms. The predicted molar refractivity (Wildman–Crippen MR) is 184 cm³/mol. The van der Waals surface area contributed by atoms with Gasteiger partial charge in [0.25, 0.3) is 0 Å². The Kier molecular flexibility index (Phi) is 8.89. The SMILES string of the molecule is COc1ccc(C(O[C@@H]2C[C@@H](O)CN(C(=O)OCC3c4ccccc4-c4ccccc43)C2)(c2ccccc2)c2ccc(OC)cc2)cc1. The monoisotopic (exact) mass is 641 g/mol. The van der Waals surface area contributed by atoms with E-state index in [4.69, 9.17) is 18.9 Å². The second kappa shape index (κ2) is 13.6. The molecule has 1 aliphatic heterocycles. The molecule has 5 aromatic rings. The minimum Gasteiger partial charge on any atom is -0.497 e. The topological polar surface area (TPSA) is 77.5 Å². The first-order valence-electron chi connectivity index (χ1n) is 16.3. The van der Waals surface area contributed by atoms with E-state index in [1.165, 1.54) is 11.1 Å². The number of hydrogen-bond acceptors (Lipinski definition) is 6. The Morgan fingerprint density at radius 3 is 1.73 bits per heavy atom. The number of amides is 1. The molecule has 244 valence electrons. The van der Waals surface area contributed by atoms with E-state index in [1.807, 2.05) is 103 Å². The lowest BCUT2D eigenvalue weighted by atomic mass is 9.79. The Balaban J connectivity index is 1.18. The lowest BCUT2D eigenvalue weighted by Crippen LogP contribution is -2.52. The van der Waals surface area contributed by atoms with Crippen LogP contribution in [-0.4, -0.2) is 62.2 Å². The number of piperidine rings is 1. The number of likely N-dealkylation sites (tertiary alicyclic amines) is 1. The molecule has 5 aromatic carbocycles. The zero-order chi connectivity index (χ0) is 33.1. The molecule has 1 amide bonds. The van der Waals surface area contributed by atoms with Gasteiger partial charge in [-0.05, 0) is 63.2 Å².